The van der Waals surface area contributed by atoms with E-state index >= 15 is 0 Å². The van der Waals surface area contributed by atoms with Gasteiger partial charge in [-0.1, -0.05) is 36.7 Å². The van der Waals surface area contributed by atoms with Crippen molar-refractivity contribution in [3.63, 3.8) is 0 Å². The van der Waals surface area contributed by atoms with Gasteiger partial charge in [-0.15, -0.1) is 11.3 Å². The predicted molar refractivity (Wildman–Crippen MR) is 88.8 cm³/mol. The number of thiophene rings is 1. The van der Waals surface area contributed by atoms with Gasteiger partial charge >= 0.3 is 0 Å². The maximum absolute atomic E-state index is 13.3. The Morgan fingerprint density at radius 3 is 2.76 bits per heavy atom. The Labute approximate surface area is 132 Å². The summed E-state index contributed by atoms with van der Waals surface area (Å²) in [5.74, 6) is -0.204. The number of nitrogens with one attached hydrogen (secondary N) is 1. The monoisotopic (exact) mass is 319 g/mol. The fourth-order valence-corrected chi connectivity index (χ4v) is 3.84. The van der Waals surface area contributed by atoms with Gasteiger partial charge < -0.3 is 5.32 Å². The summed E-state index contributed by atoms with van der Waals surface area (Å²) in [5, 5.41) is 5.14. The number of halogens is 2. The van der Waals surface area contributed by atoms with Gasteiger partial charge in [0.15, 0.2) is 0 Å². The third-order valence-corrected chi connectivity index (χ3v) is 4.93. The highest BCUT2D eigenvalue weighted by Gasteiger charge is 2.18. The van der Waals surface area contributed by atoms with Crippen molar-refractivity contribution < 1.29 is 4.39 Å². The van der Waals surface area contributed by atoms with Crippen molar-refractivity contribution in [3.05, 3.63) is 69.8 Å². The van der Waals surface area contributed by atoms with E-state index in [2.05, 4.69) is 12.2 Å². The fourth-order valence-electron chi connectivity index (χ4n) is 2.45. The first-order chi connectivity index (χ1) is 10.2. The summed E-state index contributed by atoms with van der Waals surface area (Å²) in [5.41, 5.74) is 1.05. The van der Waals surface area contributed by atoms with Crippen LogP contribution in [0.3, 0.4) is 0 Å². The molecule has 3 aromatic rings. The predicted octanol–water partition coefficient (Wildman–Crippen LogP) is 5.39. The molecule has 0 radical (unpaired) electrons. The molecule has 1 N–H and O–H groups in total. The van der Waals surface area contributed by atoms with Crippen molar-refractivity contribution in [1.82, 2.24) is 5.32 Å². The molecule has 0 aliphatic heterocycles. The number of benzene rings is 2. The molecule has 3 rings (SSSR count). The largest absolute Gasteiger partial charge is 0.306 e. The summed E-state index contributed by atoms with van der Waals surface area (Å²) < 4.78 is 14.4. The van der Waals surface area contributed by atoms with Crippen LogP contribution in [0.2, 0.25) is 5.02 Å². The Morgan fingerprint density at radius 1 is 1.19 bits per heavy atom. The molecule has 0 saturated heterocycles. The molecule has 0 fully saturated rings. The van der Waals surface area contributed by atoms with E-state index in [0.29, 0.717) is 0 Å². The van der Waals surface area contributed by atoms with Crippen LogP contribution in [-0.2, 0) is 0 Å². The van der Waals surface area contributed by atoms with Crippen molar-refractivity contribution in [3.8, 4) is 0 Å². The van der Waals surface area contributed by atoms with Gasteiger partial charge in [0.25, 0.3) is 0 Å². The topological polar surface area (TPSA) is 12.0 Å². The number of fused-ring (bicyclic) bond motifs is 1. The minimum atomic E-state index is -0.204. The number of rotatable bonds is 4. The van der Waals surface area contributed by atoms with Gasteiger partial charge in [-0.05, 0) is 47.8 Å². The molecule has 1 nitrogen and oxygen atoms in total. The molecule has 0 spiro atoms. The summed E-state index contributed by atoms with van der Waals surface area (Å²) >= 11 is 8.00. The van der Waals surface area contributed by atoms with Crippen LogP contribution >= 0.6 is 22.9 Å². The van der Waals surface area contributed by atoms with Crippen LogP contribution in [0.5, 0.6) is 0 Å². The standard InChI is InChI=1S/C17H15ClFNS/c1-2-20-17(13-5-3-4-6-14(13)18)16-10-11-9-12(19)7-8-15(11)21-16/h3-10,17,20H,2H2,1H3. The molecule has 4 heteroatoms. The van der Waals surface area contributed by atoms with Gasteiger partial charge in [0.2, 0.25) is 0 Å². The number of hydrogen-bond acceptors (Lipinski definition) is 2. The summed E-state index contributed by atoms with van der Waals surface area (Å²) in [4.78, 5) is 1.14. The van der Waals surface area contributed by atoms with Gasteiger partial charge in [-0.3, -0.25) is 0 Å². The molecule has 2 aromatic carbocycles. The fraction of sp³-hybridized carbons (Fsp3) is 0.176. The van der Waals surface area contributed by atoms with Crippen LogP contribution in [0, 0.1) is 5.82 Å². The second-order valence-corrected chi connectivity index (χ2v) is 6.37. The lowest BCUT2D eigenvalue weighted by atomic mass is 10.0. The smallest absolute Gasteiger partial charge is 0.123 e. The number of hydrogen-bond donors (Lipinski definition) is 1. The van der Waals surface area contributed by atoms with Crippen molar-refractivity contribution in [2.24, 2.45) is 0 Å². The molecule has 1 heterocycles. The summed E-state index contributed by atoms with van der Waals surface area (Å²) in [6.45, 7) is 2.90. The lowest BCUT2D eigenvalue weighted by Gasteiger charge is -2.18. The van der Waals surface area contributed by atoms with Gasteiger partial charge in [0.1, 0.15) is 5.82 Å². The summed E-state index contributed by atoms with van der Waals surface area (Å²) in [6.07, 6.45) is 0. The molecule has 0 bridgehead atoms. The molecule has 21 heavy (non-hydrogen) atoms. The zero-order chi connectivity index (χ0) is 14.8. The van der Waals surface area contributed by atoms with E-state index in [9.17, 15) is 4.39 Å². The summed E-state index contributed by atoms with van der Waals surface area (Å²) in [7, 11) is 0. The van der Waals surface area contributed by atoms with E-state index in [1.165, 1.54) is 6.07 Å². The zero-order valence-electron chi connectivity index (χ0n) is 11.6. The molecule has 1 atom stereocenters. The van der Waals surface area contributed by atoms with Crippen LogP contribution in [0.4, 0.5) is 4.39 Å². The van der Waals surface area contributed by atoms with Gasteiger partial charge in [0.05, 0.1) is 6.04 Å². The van der Waals surface area contributed by atoms with Crippen LogP contribution in [0.1, 0.15) is 23.4 Å². The lowest BCUT2D eigenvalue weighted by Crippen LogP contribution is -2.21. The van der Waals surface area contributed by atoms with E-state index < -0.39 is 0 Å². The minimum absolute atomic E-state index is 0.0316. The maximum Gasteiger partial charge on any atom is 0.123 e. The Balaban J connectivity index is 2.09. The molecular weight excluding hydrogens is 305 g/mol. The molecule has 1 aromatic heterocycles. The first kappa shape index (κ1) is 14.5. The van der Waals surface area contributed by atoms with Gasteiger partial charge in [0, 0.05) is 14.6 Å². The van der Waals surface area contributed by atoms with Crippen LogP contribution in [0.15, 0.2) is 48.5 Å². The second kappa shape index (κ2) is 6.14. The van der Waals surface area contributed by atoms with E-state index in [1.54, 1.807) is 17.4 Å². The van der Waals surface area contributed by atoms with Crippen LogP contribution in [0.25, 0.3) is 10.1 Å². The van der Waals surface area contributed by atoms with Crippen molar-refractivity contribution >= 4 is 33.0 Å². The Kier molecular flexibility index (Phi) is 4.24. The lowest BCUT2D eigenvalue weighted by molar-refractivity contribution is 0.629. The highest BCUT2D eigenvalue weighted by Crippen LogP contribution is 2.35. The Morgan fingerprint density at radius 2 is 2.00 bits per heavy atom. The highest BCUT2D eigenvalue weighted by atomic mass is 35.5. The van der Waals surface area contributed by atoms with E-state index in [0.717, 1.165) is 32.1 Å². The van der Waals surface area contributed by atoms with Crippen molar-refractivity contribution in [1.29, 1.82) is 0 Å². The second-order valence-electron chi connectivity index (χ2n) is 4.84. The normalized spacial score (nSPS) is 12.7. The zero-order valence-corrected chi connectivity index (χ0v) is 13.1. The highest BCUT2D eigenvalue weighted by molar-refractivity contribution is 7.19. The average molecular weight is 320 g/mol. The van der Waals surface area contributed by atoms with E-state index in [4.69, 9.17) is 11.6 Å². The molecule has 108 valence electrons. The van der Waals surface area contributed by atoms with Crippen molar-refractivity contribution in [2.75, 3.05) is 6.54 Å². The van der Waals surface area contributed by atoms with E-state index in [1.807, 2.05) is 36.4 Å². The molecule has 1 unspecified atom stereocenters. The van der Waals surface area contributed by atoms with Gasteiger partial charge in [-0.25, -0.2) is 4.39 Å². The first-order valence-electron chi connectivity index (χ1n) is 6.86. The maximum atomic E-state index is 13.3. The van der Waals surface area contributed by atoms with Gasteiger partial charge in [-0.2, -0.15) is 0 Å². The Bertz CT molecular complexity index is 768. The van der Waals surface area contributed by atoms with Crippen LogP contribution < -0.4 is 5.32 Å². The Hall–Kier alpha value is -1.42. The first-order valence-corrected chi connectivity index (χ1v) is 8.05. The molecule has 0 aliphatic rings. The molecule has 0 aliphatic carbocycles. The third kappa shape index (κ3) is 2.95. The van der Waals surface area contributed by atoms with Crippen molar-refractivity contribution in [2.45, 2.75) is 13.0 Å². The molecule has 0 amide bonds. The third-order valence-electron chi connectivity index (χ3n) is 3.41. The average Bonchev–Trinajstić information content (AvgIpc) is 2.88. The molecule has 0 saturated carbocycles. The quantitative estimate of drug-likeness (QED) is 0.679. The minimum Gasteiger partial charge on any atom is -0.306 e. The van der Waals surface area contributed by atoms with Crippen LogP contribution in [-0.4, -0.2) is 6.54 Å². The molecular formula is C17H15ClFNS. The SMILES string of the molecule is CCNC(c1cc2cc(F)ccc2s1)c1ccccc1Cl. The van der Waals surface area contributed by atoms with E-state index in [-0.39, 0.29) is 11.9 Å². The summed E-state index contributed by atoms with van der Waals surface area (Å²) in [6, 6.07) is 14.8.